The van der Waals surface area contributed by atoms with Crippen LogP contribution < -0.4 is 4.72 Å². The molecule has 0 aliphatic rings. The molecule has 1 aromatic carbocycles. The second kappa shape index (κ2) is 6.92. The van der Waals surface area contributed by atoms with Gasteiger partial charge in [0.1, 0.15) is 12.4 Å². The fourth-order valence-electron chi connectivity index (χ4n) is 1.48. The highest BCUT2D eigenvalue weighted by Gasteiger charge is 2.18. The van der Waals surface area contributed by atoms with Crippen LogP contribution in [0, 0.1) is 23.1 Å². The normalized spacial score (nSPS) is 11.7. The highest BCUT2D eigenvalue weighted by Crippen LogP contribution is 2.21. The zero-order valence-corrected chi connectivity index (χ0v) is 13.2. The lowest BCUT2D eigenvalue weighted by molar-refractivity contribution is 0.350. The minimum Gasteiger partial charge on any atom is -0.384 e. The molecule has 0 unspecified atom stereocenters. The van der Waals surface area contributed by atoms with Crippen LogP contribution in [0.4, 0.5) is 10.1 Å². The van der Waals surface area contributed by atoms with E-state index in [4.69, 9.17) is 5.11 Å². The number of hydrogen-bond donors (Lipinski definition) is 2. The largest absolute Gasteiger partial charge is 0.384 e. The molecule has 0 saturated carbocycles. The van der Waals surface area contributed by atoms with E-state index in [1.54, 1.807) is 0 Å². The third kappa shape index (κ3) is 6.61. The lowest BCUT2D eigenvalue weighted by Crippen LogP contribution is -2.21. The average Bonchev–Trinajstić information content (AvgIpc) is 2.36. The number of hydrogen-bond acceptors (Lipinski definition) is 3. The van der Waals surface area contributed by atoms with Gasteiger partial charge >= 0.3 is 0 Å². The van der Waals surface area contributed by atoms with Gasteiger partial charge in [-0.2, -0.15) is 0 Å². The van der Waals surface area contributed by atoms with Crippen molar-refractivity contribution in [3.05, 3.63) is 29.6 Å². The Balaban J connectivity index is 2.83. The van der Waals surface area contributed by atoms with Gasteiger partial charge in [0.2, 0.25) is 10.0 Å². The highest BCUT2D eigenvalue weighted by molar-refractivity contribution is 7.92. The monoisotopic (exact) mass is 313 g/mol. The number of nitrogens with one attached hydrogen (secondary N) is 1. The summed E-state index contributed by atoms with van der Waals surface area (Å²) in [6.45, 7) is 5.51. The molecule has 116 valence electrons. The molecular weight excluding hydrogens is 293 g/mol. The van der Waals surface area contributed by atoms with E-state index in [-0.39, 0.29) is 23.5 Å². The Morgan fingerprint density at radius 3 is 2.52 bits per heavy atom. The number of anilines is 1. The third-order valence-electron chi connectivity index (χ3n) is 2.67. The van der Waals surface area contributed by atoms with E-state index in [0.717, 1.165) is 6.07 Å². The minimum atomic E-state index is -3.59. The number of halogens is 1. The summed E-state index contributed by atoms with van der Waals surface area (Å²) in [4.78, 5) is 0. The molecule has 0 spiro atoms. The molecule has 6 heteroatoms. The van der Waals surface area contributed by atoms with Gasteiger partial charge in [-0.05, 0) is 30.0 Å². The SMILES string of the molecule is CC(C)(C)CCS(=O)(=O)Nc1ccc(C#CCO)cc1F. The Kier molecular flexibility index (Phi) is 5.76. The van der Waals surface area contributed by atoms with E-state index in [1.807, 2.05) is 20.8 Å². The van der Waals surface area contributed by atoms with Crippen molar-refractivity contribution in [3.8, 4) is 11.8 Å². The first-order valence-electron chi connectivity index (χ1n) is 6.53. The second-order valence-electron chi connectivity index (χ2n) is 5.89. The Morgan fingerprint density at radius 2 is 2.00 bits per heavy atom. The van der Waals surface area contributed by atoms with Gasteiger partial charge in [0.25, 0.3) is 0 Å². The lowest BCUT2D eigenvalue weighted by Gasteiger charge is -2.18. The van der Waals surface area contributed by atoms with Gasteiger partial charge in [-0.3, -0.25) is 4.72 Å². The summed E-state index contributed by atoms with van der Waals surface area (Å²) in [6, 6.07) is 3.95. The van der Waals surface area contributed by atoms with Gasteiger partial charge in [-0.1, -0.05) is 32.6 Å². The first-order chi connectivity index (χ1) is 9.63. The zero-order valence-electron chi connectivity index (χ0n) is 12.4. The van der Waals surface area contributed by atoms with E-state index in [9.17, 15) is 12.8 Å². The molecule has 0 heterocycles. The number of benzene rings is 1. The molecule has 0 amide bonds. The fourth-order valence-corrected chi connectivity index (χ4v) is 2.96. The van der Waals surface area contributed by atoms with Crippen molar-refractivity contribution >= 4 is 15.7 Å². The van der Waals surface area contributed by atoms with Crippen LogP contribution in [0.2, 0.25) is 0 Å². The molecule has 1 rings (SSSR count). The summed E-state index contributed by atoms with van der Waals surface area (Å²) in [5.74, 6) is 4.19. The predicted octanol–water partition coefficient (Wildman–Crippen LogP) is 2.35. The third-order valence-corrected chi connectivity index (χ3v) is 3.94. The Hall–Kier alpha value is -1.58. The molecule has 0 saturated heterocycles. The molecule has 0 atom stereocenters. The molecular formula is C15H20FNO3S. The van der Waals surface area contributed by atoms with Crippen LogP contribution in [0.3, 0.4) is 0 Å². The maximum absolute atomic E-state index is 13.8. The van der Waals surface area contributed by atoms with Crippen molar-refractivity contribution in [2.45, 2.75) is 27.2 Å². The molecule has 0 aromatic heterocycles. The van der Waals surface area contributed by atoms with Crippen LogP contribution in [0.1, 0.15) is 32.8 Å². The lowest BCUT2D eigenvalue weighted by atomic mass is 9.94. The zero-order chi connectivity index (χ0) is 16.1. The standard InChI is InChI=1S/C15H20FNO3S/c1-15(2,3)8-10-21(19,20)17-14-7-6-12(5-4-9-18)11-13(14)16/h6-7,11,17-18H,8-10H2,1-3H3. The Bertz CT molecular complexity index is 652. The molecule has 0 aliphatic carbocycles. The highest BCUT2D eigenvalue weighted by atomic mass is 32.2. The number of aliphatic hydroxyl groups excluding tert-OH is 1. The van der Waals surface area contributed by atoms with Gasteiger partial charge in [0, 0.05) is 5.56 Å². The molecule has 0 bridgehead atoms. The van der Waals surface area contributed by atoms with Crippen LogP contribution in [0.5, 0.6) is 0 Å². The fraction of sp³-hybridized carbons (Fsp3) is 0.467. The van der Waals surface area contributed by atoms with Crippen molar-refractivity contribution in [3.63, 3.8) is 0 Å². The van der Waals surface area contributed by atoms with Crippen LogP contribution >= 0.6 is 0 Å². The molecule has 21 heavy (non-hydrogen) atoms. The van der Waals surface area contributed by atoms with Crippen molar-refractivity contribution < 1.29 is 17.9 Å². The first-order valence-corrected chi connectivity index (χ1v) is 8.18. The van der Waals surface area contributed by atoms with E-state index >= 15 is 0 Å². The number of aliphatic hydroxyl groups is 1. The minimum absolute atomic E-state index is 0.0675. The van der Waals surface area contributed by atoms with Crippen LogP contribution in [0.15, 0.2) is 18.2 Å². The average molecular weight is 313 g/mol. The van der Waals surface area contributed by atoms with Crippen LogP contribution in [-0.2, 0) is 10.0 Å². The van der Waals surface area contributed by atoms with Crippen molar-refractivity contribution in [2.24, 2.45) is 5.41 Å². The van der Waals surface area contributed by atoms with Crippen molar-refractivity contribution in [1.82, 2.24) is 0 Å². The van der Waals surface area contributed by atoms with Crippen LogP contribution in [-0.4, -0.2) is 25.9 Å². The molecule has 2 N–H and O–H groups in total. The summed E-state index contributed by atoms with van der Waals surface area (Å²) < 4.78 is 39.9. The summed E-state index contributed by atoms with van der Waals surface area (Å²) in [5.41, 5.74) is 0.162. The molecule has 0 radical (unpaired) electrons. The summed E-state index contributed by atoms with van der Waals surface area (Å²) >= 11 is 0. The van der Waals surface area contributed by atoms with Gasteiger partial charge in [-0.15, -0.1) is 0 Å². The summed E-state index contributed by atoms with van der Waals surface area (Å²) in [7, 11) is -3.59. The summed E-state index contributed by atoms with van der Waals surface area (Å²) in [6.07, 6.45) is 0.476. The Morgan fingerprint density at radius 1 is 1.33 bits per heavy atom. The van der Waals surface area contributed by atoms with Gasteiger partial charge in [0.15, 0.2) is 0 Å². The molecule has 1 aromatic rings. The first kappa shape index (κ1) is 17.5. The van der Waals surface area contributed by atoms with E-state index in [2.05, 4.69) is 16.6 Å². The maximum atomic E-state index is 13.8. The van der Waals surface area contributed by atoms with Gasteiger partial charge < -0.3 is 5.11 Å². The predicted molar refractivity (Wildman–Crippen MR) is 81.8 cm³/mol. The van der Waals surface area contributed by atoms with Gasteiger partial charge in [0.05, 0.1) is 11.4 Å². The topological polar surface area (TPSA) is 66.4 Å². The van der Waals surface area contributed by atoms with Crippen molar-refractivity contribution in [1.29, 1.82) is 0 Å². The second-order valence-corrected chi connectivity index (χ2v) is 7.73. The van der Waals surface area contributed by atoms with E-state index < -0.39 is 15.8 Å². The number of rotatable bonds is 4. The number of sulfonamides is 1. The molecule has 0 aliphatic heterocycles. The summed E-state index contributed by atoms with van der Waals surface area (Å²) in [5, 5.41) is 8.57. The molecule has 4 nitrogen and oxygen atoms in total. The van der Waals surface area contributed by atoms with Crippen molar-refractivity contribution in [2.75, 3.05) is 17.1 Å². The van der Waals surface area contributed by atoms with E-state index in [0.29, 0.717) is 12.0 Å². The molecule has 0 fully saturated rings. The van der Waals surface area contributed by atoms with E-state index in [1.165, 1.54) is 12.1 Å². The maximum Gasteiger partial charge on any atom is 0.232 e. The Labute approximate surface area is 125 Å². The van der Waals surface area contributed by atoms with Crippen LogP contribution in [0.25, 0.3) is 0 Å². The smallest absolute Gasteiger partial charge is 0.232 e. The van der Waals surface area contributed by atoms with Gasteiger partial charge in [-0.25, -0.2) is 12.8 Å². The quantitative estimate of drug-likeness (QED) is 0.839.